The van der Waals surface area contributed by atoms with E-state index in [1.807, 2.05) is 0 Å². The van der Waals surface area contributed by atoms with Gasteiger partial charge in [0.1, 0.15) is 17.4 Å². The minimum atomic E-state index is -0.927. The fourth-order valence-corrected chi connectivity index (χ4v) is 3.22. The maximum atomic E-state index is 14.2. The van der Waals surface area contributed by atoms with E-state index in [-0.39, 0.29) is 23.4 Å². The number of carbonyl (C=O) groups excluding carboxylic acids is 2. The van der Waals surface area contributed by atoms with Gasteiger partial charge in [-0.1, -0.05) is 15.9 Å². The van der Waals surface area contributed by atoms with Crippen LogP contribution in [0.3, 0.4) is 0 Å². The maximum absolute atomic E-state index is 14.2. The topological polar surface area (TPSA) is 49.4 Å². The van der Waals surface area contributed by atoms with E-state index in [9.17, 15) is 14.0 Å². The fraction of sp³-hybridized carbons (Fsp3) is 0.467. The maximum Gasteiger partial charge on any atom is 0.253 e. The third-order valence-electron chi connectivity index (χ3n) is 4.38. The number of rotatable bonds is 2. The van der Waals surface area contributed by atoms with Gasteiger partial charge in [0.05, 0.1) is 5.69 Å². The number of benzene rings is 1. The summed E-state index contributed by atoms with van der Waals surface area (Å²) in [6.07, 6.45) is 1.82. The van der Waals surface area contributed by atoms with Crippen molar-refractivity contribution in [1.29, 1.82) is 0 Å². The van der Waals surface area contributed by atoms with Gasteiger partial charge in [-0.15, -0.1) is 0 Å². The number of halogens is 2. The van der Waals surface area contributed by atoms with E-state index in [4.69, 9.17) is 0 Å². The first-order chi connectivity index (χ1) is 9.84. The zero-order valence-corrected chi connectivity index (χ0v) is 13.4. The molecule has 2 aliphatic rings. The quantitative estimate of drug-likeness (QED) is 0.887. The number of hydrogen-bond donors (Lipinski definition) is 1. The van der Waals surface area contributed by atoms with Crippen LogP contribution in [-0.2, 0) is 9.59 Å². The molecule has 1 saturated heterocycles. The van der Waals surface area contributed by atoms with Crippen LogP contribution in [0.4, 0.5) is 10.1 Å². The van der Waals surface area contributed by atoms with E-state index in [0.29, 0.717) is 4.47 Å². The van der Waals surface area contributed by atoms with Crippen molar-refractivity contribution in [2.45, 2.75) is 38.3 Å². The van der Waals surface area contributed by atoms with Crippen molar-refractivity contribution in [2.24, 2.45) is 5.92 Å². The van der Waals surface area contributed by atoms with Crippen LogP contribution in [0.2, 0.25) is 0 Å². The molecule has 112 valence electrons. The Morgan fingerprint density at radius 2 is 2.05 bits per heavy atom. The molecule has 2 atom stereocenters. The summed E-state index contributed by atoms with van der Waals surface area (Å²) in [5, 5.41) is 2.82. The lowest BCUT2D eigenvalue weighted by Gasteiger charge is -2.43. The molecule has 2 unspecified atom stereocenters. The van der Waals surface area contributed by atoms with Crippen LogP contribution in [0.5, 0.6) is 0 Å². The first-order valence-corrected chi connectivity index (χ1v) is 7.74. The molecule has 0 bridgehead atoms. The van der Waals surface area contributed by atoms with Crippen molar-refractivity contribution in [3.63, 3.8) is 0 Å². The molecule has 1 heterocycles. The van der Waals surface area contributed by atoms with E-state index < -0.39 is 17.4 Å². The Kier molecular flexibility index (Phi) is 3.31. The van der Waals surface area contributed by atoms with Gasteiger partial charge in [-0.05, 0) is 50.8 Å². The van der Waals surface area contributed by atoms with E-state index >= 15 is 0 Å². The summed E-state index contributed by atoms with van der Waals surface area (Å²) < 4.78 is 14.8. The number of piperazine rings is 1. The van der Waals surface area contributed by atoms with Crippen LogP contribution < -0.4 is 10.2 Å². The summed E-state index contributed by atoms with van der Waals surface area (Å²) in [5.41, 5.74) is -0.777. The van der Waals surface area contributed by atoms with Crippen LogP contribution in [0.1, 0.15) is 26.7 Å². The fourth-order valence-electron chi connectivity index (χ4n) is 2.89. The normalized spacial score (nSPS) is 29.5. The van der Waals surface area contributed by atoms with Crippen molar-refractivity contribution in [3.05, 3.63) is 28.5 Å². The smallest absolute Gasteiger partial charge is 0.253 e. The molecule has 1 N–H and O–H groups in total. The molecule has 2 amide bonds. The van der Waals surface area contributed by atoms with Gasteiger partial charge in [-0.2, -0.15) is 0 Å². The van der Waals surface area contributed by atoms with Gasteiger partial charge < -0.3 is 5.32 Å². The van der Waals surface area contributed by atoms with Crippen molar-refractivity contribution in [2.75, 3.05) is 4.90 Å². The summed E-state index contributed by atoms with van der Waals surface area (Å²) in [6.45, 7) is 3.35. The third-order valence-corrected chi connectivity index (χ3v) is 4.87. The van der Waals surface area contributed by atoms with Gasteiger partial charge in [-0.3, -0.25) is 14.5 Å². The van der Waals surface area contributed by atoms with E-state index in [1.165, 1.54) is 17.0 Å². The molecule has 1 aliphatic carbocycles. The van der Waals surface area contributed by atoms with Crippen LogP contribution in [0.25, 0.3) is 0 Å². The van der Waals surface area contributed by atoms with Crippen molar-refractivity contribution in [1.82, 2.24) is 5.32 Å². The molecule has 3 rings (SSSR count). The van der Waals surface area contributed by atoms with Crippen LogP contribution >= 0.6 is 15.9 Å². The lowest BCUT2D eigenvalue weighted by molar-refractivity contribution is -0.138. The molecule has 0 aromatic heterocycles. The Bertz CT molecular complexity index is 632. The first-order valence-electron chi connectivity index (χ1n) is 6.95. The van der Waals surface area contributed by atoms with E-state index in [2.05, 4.69) is 21.2 Å². The minimum absolute atomic E-state index is 0.141. The number of amides is 2. The largest absolute Gasteiger partial charge is 0.340 e. The second-order valence-corrected chi connectivity index (χ2v) is 6.83. The molecule has 0 spiro atoms. The van der Waals surface area contributed by atoms with Crippen LogP contribution in [0, 0.1) is 11.7 Å². The minimum Gasteiger partial charge on any atom is -0.340 e. The molecule has 1 saturated carbocycles. The Hall–Kier alpha value is -1.43. The number of carbonyl (C=O) groups is 2. The number of anilines is 1. The molecular weight excluding hydrogens is 339 g/mol. The Morgan fingerprint density at radius 1 is 1.38 bits per heavy atom. The number of nitrogens with zero attached hydrogens (tertiary/aromatic N) is 1. The zero-order chi connectivity index (χ0) is 15.4. The summed E-state index contributed by atoms with van der Waals surface area (Å²) in [5.74, 6) is -0.857. The molecule has 21 heavy (non-hydrogen) atoms. The highest BCUT2D eigenvalue weighted by Crippen LogP contribution is 2.43. The highest BCUT2D eigenvalue weighted by atomic mass is 79.9. The molecule has 1 aliphatic heterocycles. The molecule has 0 radical (unpaired) electrons. The summed E-state index contributed by atoms with van der Waals surface area (Å²) in [7, 11) is 0. The molecule has 6 heteroatoms. The summed E-state index contributed by atoms with van der Waals surface area (Å²) in [4.78, 5) is 26.4. The second kappa shape index (κ2) is 4.80. The lowest BCUT2D eigenvalue weighted by Crippen LogP contribution is -2.70. The predicted molar refractivity (Wildman–Crippen MR) is 80.3 cm³/mol. The van der Waals surface area contributed by atoms with Gasteiger partial charge in [0.2, 0.25) is 5.91 Å². The summed E-state index contributed by atoms with van der Waals surface area (Å²) in [6, 6.07) is 3.77. The Labute approximate surface area is 130 Å². The van der Waals surface area contributed by atoms with Gasteiger partial charge in [0.25, 0.3) is 5.91 Å². The lowest BCUT2D eigenvalue weighted by atomic mass is 9.89. The standard InChI is InChI=1S/C15H16BrFN2O2/c1-8-13(20)18-15(2,9-3-4-9)14(21)19(8)12-6-5-10(16)7-11(12)17/h5-9H,3-4H2,1-2H3,(H,18,20). The first kappa shape index (κ1) is 14.5. The van der Waals surface area contributed by atoms with Gasteiger partial charge in [0.15, 0.2) is 0 Å². The van der Waals surface area contributed by atoms with Gasteiger partial charge in [0, 0.05) is 4.47 Å². The van der Waals surface area contributed by atoms with Crippen LogP contribution in [-0.4, -0.2) is 23.4 Å². The third kappa shape index (κ3) is 2.25. The predicted octanol–water partition coefficient (Wildman–Crippen LogP) is 2.61. The molecular formula is C15H16BrFN2O2. The zero-order valence-electron chi connectivity index (χ0n) is 11.8. The van der Waals surface area contributed by atoms with Crippen molar-refractivity contribution >= 4 is 33.4 Å². The SMILES string of the molecule is CC1C(=O)NC(C)(C2CC2)C(=O)N1c1ccc(Br)cc1F. The molecule has 2 fully saturated rings. The molecule has 4 nitrogen and oxygen atoms in total. The number of nitrogens with one attached hydrogen (secondary N) is 1. The number of hydrogen-bond acceptors (Lipinski definition) is 2. The van der Waals surface area contributed by atoms with E-state index in [0.717, 1.165) is 12.8 Å². The van der Waals surface area contributed by atoms with Crippen molar-refractivity contribution < 1.29 is 14.0 Å². The van der Waals surface area contributed by atoms with Gasteiger partial charge in [-0.25, -0.2) is 4.39 Å². The van der Waals surface area contributed by atoms with Crippen molar-refractivity contribution in [3.8, 4) is 0 Å². The average Bonchev–Trinajstić information content (AvgIpc) is 3.24. The molecule has 1 aromatic rings. The second-order valence-electron chi connectivity index (χ2n) is 5.91. The molecule has 1 aromatic carbocycles. The van der Waals surface area contributed by atoms with Crippen LogP contribution in [0.15, 0.2) is 22.7 Å². The van der Waals surface area contributed by atoms with Gasteiger partial charge >= 0.3 is 0 Å². The highest BCUT2D eigenvalue weighted by Gasteiger charge is 2.55. The Morgan fingerprint density at radius 3 is 2.62 bits per heavy atom. The summed E-state index contributed by atoms with van der Waals surface area (Å²) >= 11 is 3.20. The highest BCUT2D eigenvalue weighted by molar-refractivity contribution is 9.10. The average molecular weight is 355 g/mol. The van der Waals surface area contributed by atoms with E-state index in [1.54, 1.807) is 19.9 Å². The monoisotopic (exact) mass is 354 g/mol. The Balaban J connectivity index is 2.05.